The molecule has 5 rings (SSSR count). The summed E-state index contributed by atoms with van der Waals surface area (Å²) in [5.74, 6) is 1.67. The third-order valence-electron chi connectivity index (χ3n) is 4.66. The maximum atomic E-state index is 11.9. The van der Waals surface area contributed by atoms with Gasteiger partial charge in [0.15, 0.2) is 23.1 Å². The summed E-state index contributed by atoms with van der Waals surface area (Å²) in [6, 6.07) is 21.5. The predicted octanol–water partition coefficient (Wildman–Crippen LogP) is 4.81. The second kappa shape index (κ2) is 6.39. The number of esters is 1. The molecule has 0 spiro atoms. The average molecular weight is 368 g/mol. The lowest BCUT2D eigenvalue weighted by Crippen LogP contribution is -2.06. The van der Waals surface area contributed by atoms with Crippen LogP contribution in [0.3, 0.4) is 0 Å². The lowest BCUT2D eigenvalue weighted by molar-refractivity contribution is -0.134. The molecule has 0 fully saturated rings. The molecule has 0 atom stereocenters. The van der Waals surface area contributed by atoms with Crippen molar-refractivity contribution >= 4 is 28.3 Å². The second-order valence-corrected chi connectivity index (χ2v) is 6.47. The topological polar surface area (TPSA) is 53.4 Å². The van der Waals surface area contributed by atoms with Crippen molar-refractivity contribution in [2.75, 3.05) is 0 Å². The van der Waals surface area contributed by atoms with E-state index in [1.54, 1.807) is 6.20 Å². The first-order valence-corrected chi connectivity index (χ1v) is 8.94. The highest BCUT2D eigenvalue weighted by Crippen LogP contribution is 2.39. The van der Waals surface area contributed by atoms with Crippen LogP contribution < -0.4 is 4.74 Å². The molecule has 0 radical (unpaired) electrons. The molecule has 0 bridgehead atoms. The molecular weight excluding hydrogens is 352 g/mol. The molecule has 0 amide bonds. The van der Waals surface area contributed by atoms with Gasteiger partial charge in [-0.05, 0) is 35.0 Å². The normalized spacial score (nSPS) is 12.8. The first-order chi connectivity index (χ1) is 13.7. The quantitative estimate of drug-likeness (QED) is 0.477. The SMILES string of the molecule is CC(=O)OC1=C(c2cccc3ccccc23)Oc2cccnc2-n2cccc21. The first kappa shape index (κ1) is 16.3. The highest BCUT2D eigenvalue weighted by atomic mass is 16.6. The van der Waals surface area contributed by atoms with Gasteiger partial charge >= 0.3 is 5.97 Å². The Morgan fingerprint density at radius 2 is 1.86 bits per heavy atom. The fraction of sp³-hybridized carbons (Fsp3) is 0.0435. The van der Waals surface area contributed by atoms with Gasteiger partial charge in [0.25, 0.3) is 0 Å². The number of hydrogen-bond acceptors (Lipinski definition) is 4. The summed E-state index contributed by atoms with van der Waals surface area (Å²) in [4.78, 5) is 16.4. The van der Waals surface area contributed by atoms with Crippen molar-refractivity contribution in [1.29, 1.82) is 0 Å². The minimum Gasteiger partial charge on any atom is -0.449 e. The van der Waals surface area contributed by atoms with E-state index < -0.39 is 5.97 Å². The van der Waals surface area contributed by atoms with Gasteiger partial charge in [-0.3, -0.25) is 9.36 Å². The van der Waals surface area contributed by atoms with Crippen LogP contribution in [-0.4, -0.2) is 15.5 Å². The minimum atomic E-state index is -0.414. The molecule has 5 heteroatoms. The molecule has 2 aromatic carbocycles. The van der Waals surface area contributed by atoms with Gasteiger partial charge in [0.1, 0.15) is 0 Å². The Hall–Kier alpha value is -3.86. The number of pyridine rings is 1. The van der Waals surface area contributed by atoms with E-state index >= 15 is 0 Å². The Morgan fingerprint density at radius 1 is 1.00 bits per heavy atom. The number of fused-ring (bicyclic) bond motifs is 4. The largest absolute Gasteiger partial charge is 0.449 e. The van der Waals surface area contributed by atoms with E-state index in [1.165, 1.54) is 6.92 Å². The molecule has 28 heavy (non-hydrogen) atoms. The predicted molar refractivity (Wildman–Crippen MR) is 107 cm³/mol. The summed E-state index contributed by atoms with van der Waals surface area (Å²) in [7, 11) is 0. The van der Waals surface area contributed by atoms with Crippen LogP contribution in [0, 0.1) is 0 Å². The van der Waals surface area contributed by atoms with Gasteiger partial charge in [0.05, 0.1) is 5.69 Å². The molecule has 0 aliphatic carbocycles. The van der Waals surface area contributed by atoms with Crippen molar-refractivity contribution in [2.45, 2.75) is 6.92 Å². The van der Waals surface area contributed by atoms with Crippen LogP contribution in [0.25, 0.3) is 28.1 Å². The third kappa shape index (κ3) is 2.56. The van der Waals surface area contributed by atoms with Crippen LogP contribution in [0.15, 0.2) is 79.1 Å². The number of hydrogen-bond donors (Lipinski definition) is 0. The smallest absolute Gasteiger partial charge is 0.308 e. The van der Waals surface area contributed by atoms with E-state index in [0.29, 0.717) is 28.8 Å². The Morgan fingerprint density at radius 3 is 2.75 bits per heavy atom. The molecule has 5 nitrogen and oxygen atoms in total. The van der Waals surface area contributed by atoms with Crippen molar-refractivity contribution in [2.24, 2.45) is 0 Å². The van der Waals surface area contributed by atoms with E-state index in [0.717, 1.165) is 16.3 Å². The van der Waals surface area contributed by atoms with Crippen molar-refractivity contribution < 1.29 is 14.3 Å². The van der Waals surface area contributed by atoms with Gasteiger partial charge in [-0.1, -0.05) is 42.5 Å². The van der Waals surface area contributed by atoms with Gasteiger partial charge in [0.2, 0.25) is 0 Å². The zero-order valence-electron chi connectivity index (χ0n) is 15.1. The van der Waals surface area contributed by atoms with Crippen molar-refractivity contribution in [3.05, 3.63) is 90.4 Å². The van der Waals surface area contributed by atoms with Crippen LogP contribution >= 0.6 is 0 Å². The lowest BCUT2D eigenvalue weighted by atomic mass is 10.0. The second-order valence-electron chi connectivity index (χ2n) is 6.47. The molecule has 0 unspecified atom stereocenters. The number of nitrogens with zero attached hydrogens (tertiary/aromatic N) is 2. The minimum absolute atomic E-state index is 0.367. The van der Waals surface area contributed by atoms with Crippen LogP contribution in [0.5, 0.6) is 5.75 Å². The Balaban J connectivity index is 1.86. The highest BCUT2D eigenvalue weighted by Gasteiger charge is 2.27. The average Bonchev–Trinajstić information content (AvgIpc) is 3.15. The maximum Gasteiger partial charge on any atom is 0.308 e. The van der Waals surface area contributed by atoms with Gasteiger partial charge in [-0.2, -0.15) is 0 Å². The van der Waals surface area contributed by atoms with Gasteiger partial charge in [0, 0.05) is 24.9 Å². The summed E-state index contributed by atoms with van der Waals surface area (Å²) in [5, 5.41) is 2.08. The Labute approximate surface area is 161 Å². The molecule has 1 aliphatic heterocycles. The molecule has 1 aliphatic rings. The van der Waals surface area contributed by atoms with Gasteiger partial charge < -0.3 is 9.47 Å². The standard InChI is InChI=1S/C23H16N2O3/c1-15(26)27-22-19-11-6-14-25(19)23-20(12-5-13-24-23)28-21(22)18-10-4-8-16-7-2-3-9-17(16)18/h2-14H,1H3. The van der Waals surface area contributed by atoms with Crippen LogP contribution in [0.1, 0.15) is 18.2 Å². The van der Waals surface area contributed by atoms with Gasteiger partial charge in [-0.25, -0.2) is 4.98 Å². The monoisotopic (exact) mass is 368 g/mol. The van der Waals surface area contributed by atoms with Crippen LogP contribution in [-0.2, 0) is 9.53 Å². The molecule has 2 aromatic heterocycles. The summed E-state index contributed by atoms with van der Waals surface area (Å²) in [6.07, 6.45) is 3.58. The first-order valence-electron chi connectivity index (χ1n) is 8.94. The molecule has 0 N–H and O–H groups in total. The van der Waals surface area contributed by atoms with Crippen molar-refractivity contribution in [1.82, 2.24) is 9.55 Å². The Bertz CT molecular complexity index is 1250. The molecule has 4 aromatic rings. The van der Waals surface area contributed by atoms with Crippen molar-refractivity contribution in [3.63, 3.8) is 0 Å². The number of benzene rings is 2. The zero-order chi connectivity index (χ0) is 19.1. The molecule has 136 valence electrons. The van der Waals surface area contributed by atoms with E-state index in [2.05, 4.69) is 4.98 Å². The van der Waals surface area contributed by atoms with Crippen LogP contribution in [0.4, 0.5) is 0 Å². The zero-order valence-corrected chi connectivity index (χ0v) is 15.1. The van der Waals surface area contributed by atoms with Gasteiger partial charge in [-0.15, -0.1) is 0 Å². The maximum absolute atomic E-state index is 11.9. The molecule has 3 heterocycles. The molecule has 0 saturated carbocycles. The third-order valence-corrected chi connectivity index (χ3v) is 4.66. The number of rotatable bonds is 2. The fourth-order valence-corrected chi connectivity index (χ4v) is 3.51. The van der Waals surface area contributed by atoms with Crippen molar-refractivity contribution in [3.8, 4) is 11.6 Å². The van der Waals surface area contributed by atoms with Crippen LogP contribution in [0.2, 0.25) is 0 Å². The lowest BCUT2D eigenvalue weighted by Gasteiger charge is -2.15. The van der Waals surface area contributed by atoms with E-state index in [-0.39, 0.29) is 0 Å². The number of aromatic nitrogens is 2. The number of carbonyl (C=O) groups is 1. The summed E-state index contributed by atoms with van der Waals surface area (Å²) in [5.41, 5.74) is 1.55. The number of ether oxygens (including phenoxy) is 2. The molecular formula is C23H16N2O3. The Kier molecular flexibility index (Phi) is 3.72. The fourth-order valence-electron chi connectivity index (χ4n) is 3.51. The summed E-state index contributed by atoms with van der Waals surface area (Å²) in [6.45, 7) is 1.39. The summed E-state index contributed by atoms with van der Waals surface area (Å²) >= 11 is 0. The van der Waals surface area contributed by atoms with E-state index in [9.17, 15) is 4.79 Å². The van der Waals surface area contributed by atoms with E-state index in [4.69, 9.17) is 9.47 Å². The number of carbonyl (C=O) groups excluding carboxylic acids is 1. The van der Waals surface area contributed by atoms with E-state index in [1.807, 2.05) is 77.5 Å². The summed E-state index contributed by atoms with van der Waals surface area (Å²) < 4.78 is 13.9. The highest BCUT2D eigenvalue weighted by molar-refractivity contribution is 6.00. The molecule has 0 saturated heterocycles.